The van der Waals surface area contributed by atoms with Crippen molar-refractivity contribution in [1.82, 2.24) is 24.4 Å². The van der Waals surface area contributed by atoms with Crippen molar-refractivity contribution in [3.8, 4) is 5.82 Å². The molecule has 2 aliphatic heterocycles. The minimum Gasteiger partial charge on any atom is -0.384 e. The molecule has 0 aliphatic carbocycles. The van der Waals surface area contributed by atoms with E-state index in [-0.39, 0.29) is 17.7 Å². The lowest BCUT2D eigenvalue weighted by Gasteiger charge is -2.34. The van der Waals surface area contributed by atoms with Gasteiger partial charge in [-0.3, -0.25) is 9.36 Å². The summed E-state index contributed by atoms with van der Waals surface area (Å²) in [6.45, 7) is 5.97. The minimum absolute atomic E-state index is 0.0610. The summed E-state index contributed by atoms with van der Waals surface area (Å²) in [6.07, 6.45) is -0.858. The van der Waals surface area contributed by atoms with E-state index in [4.69, 9.17) is 9.47 Å². The van der Waals surface area contributed by atoms with E-state index < -0.39 is 18.3 Å². The number of halogens is 2. The summed E-state index contributed by atoms with van der Waals surface area (Å²) in [5.74, 6) is 0.856. The molecular weight excluding hydrogens is 496 g/mol. The molecule has 38 heavy (non-hydrogen) atoms. The normalized spacial score (nSPS) is 19.2. The number of carbonyl (C=O) groups excluding carboxylic acids is 1. The van der Waals surface area contributed by atoms with Gasteiger partial charge in [0.15, 0.2) is 5.82 Å². The fourth-order valence-electron chi connectivity index (χ4n) is 5.15. The van der Waals surface area contributed by atoms with Crippen LogP contribution < -0.4 is 10.2 Å². The third kappa shape index (κ3) is 5.56. The first-order valence-corrected chi connectivity index (χ1v) is 13.0. The van der Waals surface area contributed by atoms with E-state index in [1.54, 1.807) is 44.4 Å². The third-order valence-electron chi connectivity index (χ3n) is 6.99. The molecule has 204 valence electrons. The first kappa shape index (κ1) is 26.2. The van der Waals surface area contributed by atoms with Gasteiger partial charge in [0, 0.05) is 39.4 Å². The largest absolute Gasteiger partial charge is 0.384 e. The van der Waals surface area contributed by atoms with Gasteiger partial charge in [-0.2, -0.15) is 9.97 Å². The maximum absolute atomic E-state index is 14.1. The number of nitrogens with one attached hydrogen (secondary N) is 1. The van der Waals surface area contributed by atoms with E-state index in [1.165, 1.54) is 4.57 Å². The molecule has 2 saturated heterocycles. The number of morpholine rings is 1. The molecule has 5 rings (SSSR count). The number of amides is 1. The summed E-state index contributed by atoms with van der Waals surface area (Å²) < 4.78 is 40.3. The Morgan fingerprint density at radius 3 is 2.68 bits per heavy atom. The number of anilines is 2. The zero-order chi connectivity index (χ0) is 26.6. The highest BCUT2D eigenvalue weighted by Gasteiger charge is 2.28. The predicted molar refractivity (Wildman–Crippen MR) is 139 cm³/mol. The van der Waals surface area contributed by atoms with Crippen molar-refractivity contribution < 1.29 is 23.0 Å². The Morgan fingerprint density at radius 1 is 1.16 bits per heavy atom. The van der Waals surface area contributed by atoms with Gasteiger partial charge < -0.3 is 24.6 Å². The molecule has 0 radical (unpaired) electrons. The lowest BCUT2D eigenvalue weighted by Crippen LogP contribution is -2.47. The van der Waals surface area contributed by atoms with Crippen LogP contribution in [0.2, 0.25) is 0 Å². The van der Waals surface area contributed by atoms with Gasteiger partial charge in [0.25, 0.3) is 6.43 Å². The van der Waals surface area contributed by atoms with Crippen molar-refractivity contribution >= 4 is 28.7 Å². The fraction of sp³-hybridized carbons (Fsp3) is 0.538. The highest BCUT2D eigenvalue weighted by molar-refractivity contribution is 5.84. The molecule has 0 unspecified atom stereocenters. The quantitative estimate of drug-likeness (QED) is 0.475. The number of rotatable bonds is 8. The molecule has 4 heterocycles. The topological polar surface area (TPSA) is 97.6 Å². The molecule has 0 bridgehead atoms. The first-order valence-electron chi connectivity index (χ1n) is 13.0. The van der Waals surface area contributed by atoms with Crippen molar-refractivity contribution in [1.29, 1.82) is 0 Å². The number of para-hydroxylation sites is 2. The monoisotopic (exact) mass is 529 g/mol. The van der Waals surface area contributed by atoms with E-state index >= 15 is 0 Å². The Morgan fingerprint density at radius 2 is 1.92 bits per heavy atom. The van der Waals surface area contributed by atoms with Gasteiger partial charge in [-0.1, -0.05) is 12.1 Å². The second-order valence-corrected chi connectivity index (χ2v) is 9.72. The summed E-state index contributed by atoms with van der Waals surface area (Å²) in [5, 5.41) is 3.14. The average molecular weight is 530 g/mol. The molecule has 1 N–H and O–H groups in total. The molecular formula is C26H33F2N7O3. The Bertz CT molecular complexity index is 1260. The highest BCUT2D eigenvalue weighted by atomic mass is 19.3. The lowest BCUT2D eigenvalue weighted by molar-refractivity contribution is -0.133. The number of alkyl halides is 2. The number of aromatic nitrogens is 4. The molecule has 0 spiro atoms. The van der Waals surface area contributed by atoms with Crippen LogP contribution in [0.15, 0.2) is 30.3 Å². The number of likely N-dealkylation sites (tertiary alicyclic amines) is 1. The number of imidazole rings is 1. The van der Waals surface area contributed by atoms with Crippen molar-refractivity contribution in [2.24, 2.45) is 5.92 Å². The second-order valence-electron chi connectivity index (χ2n) is 9.72. The molecule has 10 nitrogen and oxygen atoms in total. The molecule has 1 amide bonds. The van der Waals surface area contributed by atoms with Crippen LogP contribution >= 0.6 is 0 Å². The number of methoxy groups -OCH3 is 1. The van der Waals surface area contributed by atoms with Crippen molar-refractivity contribution in [3.63, 3.8) is 0 Å². The van der Waals surface area contributed by atoms with Crippen LogP contribution in [0.1, 0.15) is 32.0 Å². The molecule has 2 atom stereocenters. The summed E-state index contributed by atoms with van der Waals surface area (Å²) in [7, 11) is 1.67. The molecule has 12 heteroatoms. The van der Waals surface area contributed by atoms with Gasteiger partial charge in [0.2, 0.25) is 11.9 Å². The van der Waals surface area contributed by atoms with E-state index in [0.29, 0.717) is 68.8 Å². The van der Waals surface area contributed by atoms with Crippen LogP contribution in [0.5, 0.6) is 0 Å². The van der Waals surface area contributed by atoms with Crippen molar-refractivity contribution in [3.05, 3.63) is 36.2 Å². The van der Waals surface area contributed by atoms with Gasteiger partial charge in [-0.05, 0) is 37.8 Å². The lowest BCUT2D eigenvalue weighted by atomic mass is 9.98. The summed E-state index contributed by atoms with van der Waals surface area (Å²) in [6, 6.07) is 8.02. The zero-order valence-electron chi connectivity index (χ0n) is 21.6. The number of fused-ring (bicyclic) bond motifs is 1. The van der Waals surface area contributed by atoms with Crippen LogP contribution in [0.25, 0.3) is 16.9 Å². The van der Waals surface area contributed by atoms with Gasteiger partial charge in [0.1, 0.15) is 17.7 Å². The van der Waals surface area contributed by atoms with Gasteiger partial charge >= 0.3 is 0 Å². The Balaban J connectivity index is 1.48. The number of nitrogens with zero attached hydrogens (tertiary/aromatic N) is 6. The molecule has 2 aliphatic rings. The van der Waals surface area contributed by atoms with Crippen LogP contribution in [0, 0.1) is 5.92 Å². The Hall–Kier alpha value is -3.38. The maximum atomic E-state index is 14.1. The number of carbonyl (C=O) groups is 1. The van der Waals surface area contributed by atoms with Crippen LogP contribution in [-0.4, -0.2) is 89.5 Å². The van der Waals surface area contributed by atoms with Crippen LogP contribution in [0.4, 0.5) is 20.5 Å². The number of benzene rings is 1. The second kappa shape index (κ2) is 11.6. The predicted octanol–water partition coefficient (Wildman–Crippen LogP) is 3.28. The Labute approximate surface area is 219 Å². The number of hydrogen-bond acceptors (Lipinski definition) is 8. The maximum Gasteiger partial charge on any atom is 0.296 e. The van der Waals surface area contributed by atoms with Crippen molar-refractivity contribution in [2.45, 2.75) is 32.2 Å². The van der Waals surface area contributed by atoms with Gasteiger partial charge in [-0.25, -0.2) is 13.8 Å². The fourth-order valence-corrected chi connectivity index (χ4v) is 5.15. The summed E-state index contributed by atoms with van der Waals surface area (Å²) in [4.78, 5) is 30.6. The molecule has 0 saturated carbocycles. The SMILES string of the molecule is COC[C@@H]1CCCN(C(=O)[C@H](C)Nc2nc(N3CCOCC3)cc(-n3c(C(F)F)nc4ccccc43)n2)C1. The molecule has 1 aromatic carbocycles. The minimum atomic E-state index is -2.81. The number of piperidine rings is 1. The van der Waals surface area contributed by atoms with Crippen LogP contribution in [-0.2, 0) is 14.3 Å². The molecule has 2 aromatic heterocycles. The van der Waals surface area contributed by atoms with Crippen LogP contribution in [0.3, 0.4) is 0 Å². The van der Waals surface area contributed by atoms with E-state index in [1.807, 2.05) is 9.80 Å². The highest BCUT2D eigenvalue weighted by Crippen LogP contribution is 2.29. The molecule has 3 aromatic rings. The zero-order valence-corrected chi connectivity index (χ0v) is 21.6. The van der Waals surface area contributed by atoms with E-state index in [0.717, 1.165) is 12.8 Å². The van der Waals surface area contributed by atoms with Gasteiger partial charge in [-0.15, -0.1) is 0 Å². The first-order chi connectivity index (χ1) is 18.4. The average Bonchev–Trinajstić information content (AvgIpc) is 3.33. The molecule has 2 fully saturated rings. The summed E-state index contributed by atoms with van der Waals surface area (Å²) in [5.41, 5.74) is 0.963. The van der Waals surface area contributed by atoms with E-state index in [9.17, 15) is 13.6 Å². The number of ether oxygens (including phenoxy) is 2. The van der Waals surface area contributed by atoms with E-state index in [2.05, 4.69) is 20.3 Å². The third-order valence-corrected chi connectivity index (χ3v) is 6.99. The number of hydrogen-bond donors (Lipinski definition) is 1. The summed E-state index contributed by atoms with van der Waals surface area (Å²) >= 11 is 0. The Kier molecular flexibility index (Phi) is 7.98. The smallest absolute Gasteiger partial charge is 0.296 e. The van der Waals surface area contributed by atoms with Crippen molar-refractivity contribution in [2.75, 3.05) is 63.3 Å². The van der Waals surface area contributed by atoms with Gasteiger partial charge in [0.05, 0.1) is 30.9 Å². The standard InChI is InChI=1S/C26H33F2N7O3/c1-17(25(36)34-9-5-6-18(15-34)16-37-2)29-26-31-21(33-10-12-38-13-11-33)14-22(32-26)35-20-8-4-3-7-19(20)30-24(35)23(27)28/h3-4,7-8,14,17-18,23H,5-6,9-13,15-16H2,1-2H3,(H,29,31,32)/t17-,18+/m0/s1.